The largest absolute Gasteiger partial charge is 0.439 e. The average molecular weight is 306 g/mol. The maximum Gasteiger partial charge on any atom is 0.219 e. The summed E-state index contributed by atoms with van der Waals surface area (Å²) in [5.41, 5.74) is 4.51. The molecule has 0 unspecified atom stereocenters. The minimum atomic E-state index is 0.629. The zero-order chi connectivity index (χ0) is 13.3. The topological polar surface area (TPSA) is 22.1 Å². The first kappa shape index (κ1) is 13.1. The molecule has 0 fully saturated rings. The molecule has 18 heavy (non-hydrogen) atoms. The number of pyridine rings is 1. The van der Waals surface area contributed by atoms with Crippen LogP contribution in [0.5, 0.6) is 11.6 Å². The van der Waals surface area contributed by atoms with E-state index in [1.165, 1.54) is 11.1 Å². The van der Waals surface area contributed by atoms with Crippen molar-refractivity contribution in [3.8, 4) is 11.6 Å². The van der Waals surface area contributed by atoms with Gasteiger partial charge >= 0.3 is 0 Å². The summed E-state index contributed by atoms with van der Waals surface area (Å²) in [4.78, 5) is 4.40. The fraction of sp³-hybridized carbons (Fsp3) is 0.267. The van der Waals surface area contributed by atoms with Crippen molar-refractivity contribution in [1.82, 2.24) is 4.98 Å². The van der Waals surface area contributed by atoms with Gasteiger partial charge in [-0.15, -0.1) is 0 Å². The highest BCUT2D eigenvalue weighted by molar-refractivity contribution is 9.10. The summed E-state index contributed by atoms with van der Waals surface area (Å²) in [5.74, 6) is 1.51. The Balaban J connectivity index is 2.36. The van der Waals surface area contributed by atoms with E-state index in [1.54, 1.807) is 0 Å². The van der Waals surface area contributed by atoms with Crippen LogP contribution in [0.25, 0.3) is 0 Å². The highest BCUT2D eigenvalue weighted by atomic mass is 79.9. The molecular formula is C15H16BrNO. The number of benzene rings is 1. The van der Waals surface area contributed by atoms with Crippen LogP contribution in [-0.2, 0) is 0 Å². The molecule has 94 valence electrons. The quantitative estimate of drug-likeness (QED) is 0.789. The fourth-order valence-electron chi connectivity index (χ4n) is 1.80. The molecule has 0 spiro atoms. The molecule has 1 aromatic heterocycles. The SMILES string of the molecule is Cc1cc(C)c(C)c(Oc2ccc(Br)c(C)n2)c1. The van der Waals surface area contributed by atoms with Gasteiger partial charge in [0.05, 0.1) is 5.69 Å². The fourth-order valence-corrected chi connectivity index (χ4v) is 2.02. The zero-order valence-corrected chi connectivity index (χ0v) is 12.6. The lowest BCUT2D eigenvalue weighted by molar-refractivity contribution is 0.457. The molecule has 2 aromatic rings. The lowest BCUT2D eigenvalue weighted by Crippen LogP contribution is -1.94. The van der Waals surface area contributed by atoms with Gasteiger partial charge in [0, 0.05) is 10.5 Å². The molecule has 1 heterocycles. The maximum absolute atomic E-state index is 5.87. The summed E-state index contributed by atoms with van der Waals surface area (Å²) in [6.07, 6.45) is 0. The summed E-state index contributed by atoms with van der Waals surface area (Å²) < 4.78 is 6.87. The Labute approximate surface area is 116 Å². The number of aryl methyl sites for hydroxylation is 3. The number of nitrogens with zero attached hydrogens (tertiary/aromatic N) is 1. The van der Waals surface area contributed by atoms with E-state index in [9.17, 15) is 0 Å². The average Bonchev–Trinajstić information content (AvgIpc) is 2.30. The Kier molecular flexibility index (Phi) is 3.71. The van der Waals surface area contributed by atoms with Crippen LogP contribution in [0.1, 0.15) is 22.4 Å². The van der Waals surface area contributed by atoms with Crippen molar-refractivity contribution < 1.29 is 4.74 Å². The minimum Gasteiger partial charge on any atom is -0.439 e. The molecule has 0 amide bonds. The summed E-state index contributed by atoms with van der Waals surface area (Å²) in [7, 11) is 0. The lowest BCUT2D eigenvalue weighted by Gasteiger charge is -2.12. The van der Waals surface area contributed by atoms with Gasteiger partial charge in [-0.3, -0.25) is 0 Å². The smallest absolute Gasteiger partial charge is 0.219 e. The van der Waals surface area contributed by atoms with Crippen LogP contribution in [-0.4, -0.2) is 4.98 Å². The molecule has 0 radical (unpaired) electrons. The van der Waals surface area contributed by atoms with Gasteiger partial charge < -0.3 is 4.74 Å². The zero-order valence-electron chi connectivity index (χ0n) is 11.0. The number of rotatable bonds is 2. The van der Waals surface area contributed by atoms with E-state index in [0.29, 0.717) is 5.88 Å². The first-order chi connectivity index (χ1) is 8.47. The van der Waals surface area contributed by atoms with Gasteiger partial charge in [0.1, 0.15) is 5.75 Å². The Bertz CT molecular complexity index is 593. The van der Waals surface area contributed by atoms with Gasteiger partial charge in [0.25, 0.3) is 0 Å². The van der Waals surface area contributed by atoms with Gasteiger partial charge in [0.15, 0.2) is 0 Å². The van der Waals surface area contributed by atoms with Crippen molar-refractivity contribution in [2.75, 3.05) is 0 Å². The second-order valence-electron chi connectivity index (χ2n) is 4.52. The molecule has 0 saturated heterocycles. The van der Waals surface area contributed by atoms with Crippen LogP contribution in [0, 0.1) is 27.7 Å². The third-order valence-electron chi connectivity index (χ3n) is 2.97. The molecule has 0 saturated carbocycles. The van der Waals surface area contributed by atoms with Crippen LogP contribution in [0.15, 0.2) is 28.7 Å². The van der Waals surface area contributed by atoms with E-state index in [2.05, 4.69) is 47.8 Å². The molecule has 1 aromatic carbocycles. The van der Waals surface area contributed by atoms with Gasteiger partial charge in [-0.05, 0) is 72.4 Å². The van der Waals surface area contributed by atoms with Gasteiger partial charge in [-0.1, -0.05) is 6.07 Å². The number of hydrogen-bond donors (Lipinski definition) is 0. The minimum absolute atomic E-state index is 0.629. The van der Waals surface area contributed by atoms with Crippen molar-refractivity contribution in [1.29, 1.82) is 0 Å². The summed E-state index contributed by atoms with van der Waals surface area (Å²) >= 11 is 3.43. The molecule has 3 heteroatoms. The Hall–Kier alpha value is -1.35. The van der Waals surface area contributed by atoms with Crippen LogP contribution < -0.4 is 4.74 Å². The maximum atomic E-state index is 5.87. The van der Waals surface area contributed by atoms with Crippen LogP contribution >= 0.6 is 15.9 Å². The monoisotopic (exact) mass is 305 g/mol. The Morgan fingerprint density at radius 1 is 1.06 bits per heavy atom. The number of aromatic nitrogens is 1. The second-order valence-corrected chi connectivity index (χ2v) is 5.38. The van der Waals surface area contributed by atoms with E-state index in [-0.39, 0.29) is 0 Å². The molecule has 0 atom stereocenters. The summed E-state index contributed by atoms with van der Waals surface area (Å²) in [6, 6.07) is 8.02. The van der Waals surface area contributed by atoms with Crippen LogP contribution in [0.2, 0.25) is 0 Å². The standard InChI is InChI=1S/C15H16BrNO/c1-9-7-10(2)11(3)14(8-9)18-15-6-5-13(16)12(4)17-15/h5-8H,1-4H3. The Morgan fingerprint density at radius 3 is 2.44 bits per heavy atom. The predicted octanol–water partition coefficient (Wildman–Crippen LogP) is 4.87. The normalized spacial score (nSPS) is 10.5. The predicted molar refractivity (Wildman–Crippen MR) is 77.4 cm³/mol. The molecule has 2 rings (SSSR count). The lowest BCUT2D eigenvalue weighted by atomic mass is 10.1. The van der Waals surface area contributed by atoms with Crippen molar-refractivity contribution in [3.05, 3.63) is 51.1 Å². The van der Waals surface area contributed by atoms with Gasteiger partial charge in [-0.2, -0.15) is 0 Å². The highest BCUT2D eigenvalue weighted by Crippen LogP contribution is 2.28. The van der Waals surface area contributed by atoms with Crippen molar-refractivity contribution >= 4 is 15.9 Å². The molecule has 0 aliphatic heterocycles. The van der Waals surface area contributed by atoms with E-state index in [0.717, 1.165) is 21.5 Å². The van der Waals surface area contributed by atoms with E-state index in [1.807, 2.05) is 25.1 Å². The summed E-state index contributed by atoms with van der Waals surface area (Å²) in [6.45, 7) is 8.18. The van der Waals surface area contributed by atoms with Crippen molar-refractivity contribution in [2.24, 2.45) is 0 Å². The Morgan fingerprint density at radius 2 is 1.78 bits per heavy atom. The van der Waals surface area contributed by atoms with Crippen molar-refractivity contribution in [3.63, 3.8) is 0 Å². The van der Waals surface area contributed by atoms with E-state index >= 15 is 0 Å². The third-order valence-corrected chi connectivity index (χ3v) is 3.81. The second kappa shape index (κ2) is 5.11. The number of ether oxygens (including phenoxy) is 1. The van der Waals surface area contributed by atoms with Gasteiger partial charge in [-0.25, -0.2) is 4.98 Å². The molecule has 2 nitrogen and oxygen atoms in total. The molecule has 0 N–H and O–H groups in total. The number of halogens is 1. The highest BCUT2D eigenvalue weighted by Gasteiger charge is 2.07. The first-order valence-electron chi connectivity index (χ1n) is 5.86. The van der Waals surface area contributed by atoms with E-state index in [4.69, 9.17) is 4.74 Å². The van der Waals surface area contributed by atoms with Crippen LogP contribution in [0.3, 0.4) is 0 Å². The van der Waals surface area contributed by atoms with Crippen molar-refractivity contribution in [2.45, 2.75) is 27.7 Å². The first-order valence-corrected chi connectivity index (χ1v) is 6.65. The number of hydrogen-bond acceptors (Lipinski definition) is 2. The molecular weight excluding hydrogens is 290 g/mol. The third kappa shape index (κ3) is 2.72. The van der Waals surface area contributed by atoms with Crippen LogP contribution in [0.4, 0.5) is 0 Å². The molecule has 0 bridgehead atoms. The van der Waals surface area contributed by atoms with E-state index < -0.39 is 0 Å². The van der Waals surface area contributed by atoms with Gasteiger partial charge in [0.2, 0.25) is 5.88 Å². The summed E-state index contributed by atoms with van der Waals surface area (Å²) in [5, 5.41) is 0. The molecule has 0 aliphatic carbocycles. The molecule has 0 aliphatic rings.